The predicted octanol–water partition coefficient (Wildman–Crippen LogP) is 2.95. The van der Waals surface area contributed by atoms with Crippen LogP contribution in [0, 0.1) is 0 Å². The van der Waals surface area contributed by atoms with Crippen molar-refractivity contribution >= 4 is 22.8 Å². The summed E-state index contributed by atoms with van der Waals surface area (Å²) in [5.41, 5.74) is 1.82. The molecule has 104 valence electrons. The van der Waals surface area contributed by atoms with Crippen LogP contribution in [0.15, 0.2) is 24.7 Å². The van der Waals surface area contributed by atoms with E-state index in [1.54, 1.807) is 21.6 Å². The SMILES string of the molecule is CC[C@H](C)n1c(O)nc2ncc(Cl)c(-n3cccn3)c21. The largest absolute Gasteiger partial charge is 0.480 e. The number of aromatic nitrogens is 5. The molecule has 0 bridgehead atoms. The van der Waals surface area contributed by atoms with E-state index < -0.39 is 0 Å². The summed E-state index contributed by atoms with van der Waals surface area (Å²) in [4.78, 5) is 8.29. The van der Waals surface area contributed by atoms with Crippen molar-refractivity contribution < 1.29 is 5.11 Å². The van der Waals surface area contributed by atoms with Gasteiger partial charge >= 0.3 is 0 Å². The van der Waals surface area contributed by atoms with Gasteiger partial charge in [0.2, 0.25) is 0 Å². The molecule has 6 nitrogen and oxygen atoms in total. The maximum absolute atomic E-state index is 10.1. The zero-order chi connectivity index (χ0) is 14.3. The molecule has 1 atom stereocenters. The molecule has 0 aliphatic rings. The lowest BCUT2D eigenvalue weighted by atomic mass is 10.2. The summed E-state index contributed by atoms with van der Waals surface area (Å²) in [6, 6.07) is 1.83. The molecule has 0 aliphatic carbocycles. The van der Waals surface area contributed by atoms with Gasteiger partial charge in [0.05, 0.1) is 11.2 Å². The quantitative estimate of drug-likeness (QED) is 0.805. The van der Waals surface area contributed by atoms with E-state index in [4.69, 9.17) is 11.6 Å². The first-order valence-electron chi connectivity index (χ1n) is 6.39. The second-order valence-corrected chi connectivity index (χ2v) is 5.02. The molecule has 0 unspecified atom stereocenters. The zero-order valence-corrected chi connectivity index (χ0v) is 11.9. The Morgan fingerprint density at radius 2 is 2.25 bits per heavy atom. The minimum Gasteiger partial charge on any atom is -0.480 e. The molecule has 3 rings (SSSR count). The molecule has 0 aromatic carbocycles. The first-order chi connectivity index (χ1) is 9.63. The van der Waals surface area contributed by atoms with E-state index in [0.717, 1.165) is 6.42 Å². The normalized spacial score (nSPS) is 12.9. The summed E-state index contributed by atoms with van der Waals surface area (Å²) in [6.45, 7) is 4.05. The molecule has 0 amide bonds. The third-order valence-electron chi connectivity index (χ3n) is 3.39. The minimum absolute atomic E-state index is 0.0578. The van der Waals surface area contributed by atoms with Gasteiger partial charge in [-0.05, 0) is 19.4 Å². The Bertz CT molecular complexity index is 750. The topological polar surface area (TPSA) is 68.8 Å². The fourth-order valence-electron chi connectivity index (χ4n) is 2.23. The van der Waals surface area contributed by atoms with E-state index in [0.29, 0.717) is 21.9 Å². The lowest BCUT2D eigenvalue weighted by Gasteiger charge is -2.15. The second-order valence-electron chi connectivity index (χ2n) is 4.62. The van der Waals surface area contributed by atoms with Crippen LogP contribution in [0.25, 0.3) is 16.9 Å². The highest BCUT2D eigenvalue weighted by Gasteiger charge is 2.21. The number of imidazole rings is 1. The third kappa shape index (κ3) is 1.84. The van der Waals surface area contributed by atoms with Gasteiger partial charge in [-0.15, -0.1) is 0 Å². The van der Waals surface area contributed by atoms with Gasteiger partial charge in [0.1, 0.15) is 11.2 Å². The van der Waals surface area contributed by atoms with Gasteiger partial charge in [-0.2, -0.15) is 10.1 Å². The third-order valence-corrected chi connectivity index (χ3v) is 3.67. The Morgan fingerprint density at radius 3 is 2.90 bits per heavy atom. The van der Waals surface area contributed by atoms with Crippen molar-refractivity contribution in [2.75, 3.05) is 0 Å². The Morgan fingerprint density at radius 1 is 1.45 bits per heavy atom. The fraction of sp³-hybridized carbons (Fsp3) is 0.308. The van der Waals surface area contributed by atoms with Gasteiger partial charge in [-0.25, -0.2) is 9.67 Å². The molecule has 0 saturated carbocycles. The maximum atomic E-state index is 10.1. The van der Waals surface area contributed by atoms with Crippen LogP contribution < -0.4 is 0 Å². The molecule has 7 heteroatoms. The van der Waals surface area contributed by atoms with E-state index >= 15 is 0 Å². The average Bonchev–Trinajstić information content (AvgIpc) is 3.05. The standard InChI is InChI=1S/C13H14ClN5O/c1-3-8(2)19-11-10(18-6-4-5-16-18)9(14)7-15-12(11)17-13(19)20/h4-8H,3H2,1-2H3,(H,15,17,20)/t8-/m0/s1. The molecule has 3 heterocycles. The molecule has 0 spiro atoms. The Kier molecular flexibility index (Phi) is 3.10. The zero-order valence-electron chi connectivity index (χ0n) is 11.2. The number of hydrogen-bond acceptors (Lipinski definition) is 4. The highest BCUT2D eigenvalue weighted by molar-refractivity contribution is 6.33. The summed E-state index contributed by atoms with van der Waals surface area (Å²) in [6.07, 6.45) is 5.84. The lowest BCUT2D eigenvalue weighted by Crippen LogP contribution is -2.07. The molecule has 0 radical (unpaired) electrons. The van der Waals surface area contributed by atoms with Crippen LogP contribution >= 0.6 is 11.6 Å². The lowest BCUT2D eigenvalue weighted by molar-refractivity contribution is 0.376. The van der Waals surface area contributed by atoms with E-state index in [1.165, 1.54) is 6.20 Å². The Hall–Kier alpha value is -2.08. The highest BCUT2D eigenvalue weighted by Crippen LogP contribution is 2.33. The van der Waals surface area contributed by atoms with Crippen LogP contribution in [0.2, 0.25) is 5.02 Å². The summed E-state index contributed by atoms with van der Waals surface area (Å²) >= 11 is 6.28. The number of halogens is 1. The van der Waals surface area contributed by atoms with Gasteiger partial charge < -0.3 is 5.11 Å². The van der Waals surface area contributed by atoms with E-state index in [1.807, 2.05) is 19.9 Å². The fourth-order valence-corrected chi connectivity index (χ4v) is 2.46. The van der Waals surface area contributed by atoms with Crippen LogP contribution in [0.4, 0.5) is 0 Å². The van der Waals surface area contributed by atoms with Crippen LogP contribution in [-0.4, -0.2) is 29.4 Å². The second kappa shape index (κ2) is 4.79. The molecule has 0 fully saturated rings. The molecule has 3 aromatic rings. The van der Waals surface area contributed by atoms with Gasteiger partial charge in [0, 0.05) is 18.4 Å². The van der Waals surface area contributed by atoms with Gasteiger partial charge in [-0.1, -0.05) is 18.5 Å². The predicted molar refractivity (Wildman–Crippen MR) is 76.3 cm³/mol. The van der Waals surface area contributed by atoms with Crippen molar-refractivity contribution in [3.63, 3.8) is 0 Å². The van der Waals surface area contributed by atoms with Crippen LogP contribution in [0.5, 0.6) is 6.01 Å². The first kappa shape index (κ1) is 12.9. The molecule has 1 N–H and O–H groups in total. The molecule has 0 saturated heterocycles. The van der Waals surface area contributed by atoms with Crippen molar-refractivity contribution in [2.45, 2.75) is 26.3 Å². The molecule has 3 aromatic heterocycles. The summed E-state index contributed by atoms with van der Waals surface area (Å²) in [5.74, 6) is 0. The van der Waals surface area contributed by atoms with Crippen molar-refractivity contribution in [2.24, 2.45) is 0 Å². The summed E-state index contributed by atoms with van der Waals surface area (Å²) < 4.78 is 3.40. The molecule has 20 heavy (non-hydrogen) atoms. The number of hydrogen-bond donors (Lipinski definition) is 1. The smallest absolute Gasteiger partial charge is 0.296 e. The van der Waals surface area contributed by atoms with Gasteiger partial charge in [-0.3, -0.25) is 4.57 Å². The molecular formula is C13H14ClN5O. The Balaban J connectivity index is 2.41. The van der Waals surface area contributed by atoms with Crippen molar-refractivity contribution in [3.05, 3.63) is 29.7 Å². The minimum atomic E-state index is -0.0578. The van der Waals surface area contributed by atoms with E-state index in [-0.39, 0.29) is 12.1 Å². The summed E-state index contributed by atoms with van der Waals surface area (Å²) in [7, 11) is 0. The van der Waals surface area contributed by atoms with Crippen molar-refractivity contribution in [1.82, 2.24) is 24.3 Å². The summed E-state index contributed by atoms with van der Waals surface area (Å²) in [5, 5.41) is 14.8. The number of fused-ring (bicyclic) bond motifs is 1. The van der Waals surface area contributed by atoms with E-state index in [2.05, 4.69) is 15.1 Å². The number of aromatic hydroxyl groups is 1. The monoisotopic (exact) mass is 291 g/mol. The number of nitrogens with zero attached hydrogens (tertiary/aromatic N) is 5. The highest BCUT2D eigenvalue weighted by atomic mass is 35.5. The van der Waals surface area contributed by atoms with Gasteiger partial charge in [0.15, 0.2) is 5.65 Å². The van der Waals surface area contributed by atoms with E-state index in [9.17, 15) is 5.11 Å². The van der Waals surface area contributed by atoms with Crippen LogP contribution in [0.1, 0.15) is 26.3 Å². The first-order valence-corrected chi connectivity index (χ1v) is 6.76. The number of rotatable bonds is 3. The molecular weight excluding hydrogens is 278 g/mol. The van der Waals surface area contributed by atoms with Crippen LogP contribution in [0.3, 0.4) is 0 Å². The van der Waals surface area contributed by atoms with Crippen molar-refractivity contribution in [3.8, 4) is 11.7 Å². The average molecular weight is 292 g/mol. The van der Waals surface area contributed by atoms with Crippen molar-refractivity contribution in [1.29, 1.82) is 0 Å². The van der Waals surface area contributed by atoms with Crippen LogP contribution in [-0.2, 0) is 0 Å². The Labute approximate surface area is 120 Å². The maximum Gasteiger partial charge on any atom is 0.296 e. The number of pyridine rings is 1. The van der Waals surface area contributed by atoms with Gasteiger partial charge in [0.25, 0.3) is 6.01 Å². The molecule has 0 aliphatic heterocycles.